The molecular weight excluding hydrogens is 420 g/mol. The first kappa shape index (κ1) is 20.1. The Morgan fingerprint density at radius 1 is 1.19 bits per heavy atom. The van der Waals surface area contributed by atoms with E-state index in [2.05, 4.69) is 30.2 Å². The van der Waals surface area contributed by atoms with Crippen LogP contribution < -0.4 is 11.3 Å². The zero-order valence-corrected chi connectivity index (χ0v) is 16.4. The van der Waals surface area contributed by atoms with Crippen LogP contribution in [0.1, 0.15) is 6.23 Å². The van der Waals surface area contributed by atoms with E-state index in [4.69, 9.17) is 10.5 Å². The van der Waals surface area contributed by atoms with Crippen LogP contribution in [-0.4, -0.2) is 64.7 Å². The van der Waals surface area contributed by atoms with E-state index in [1.54, 1.807) is 30.5 Å². The van der Waals surface area contributed by atoms with Crippen molar-refractivity contribution in [2.45, 2.75) is 24.5 Å². The van der Waals surface area contributed by atoms with Gasteiger partial charge in [-0.2, -0.15) is 4.98 Å². The van der Waals surface area contributed by atoms with Gasteiger partial charge in [0.25, 0.3) is 11.5 Å². The lowest BCUT2D eigenvalue weighted by Gasteiger charge is -2.17. The van der Waals surface area contributed by atoms with Gasteiger partial charge in [0.2, 0.25) is 5.95 Å². The van der Waals surface area contributed by atoms with Gasteiger partial charge in [-0.15, -0.1) is 10.2 Å². The number of H-pyrrole nitrogens is 1. The fourth-order valence-corrected chi connectivity index (χ4v) is 3.62. The molecule has 1 aliphatic heterocycles. The summed E-state index contributed by atoms with van der Waals surface area (Å²) in [6.07, 6.45) is -3.43. The summed E-state index contributed by atoms with van der Waals surface area (Å²) in [5.41, 5.74) is 6.22. The minimum Gasteiger partial charge on any atom is -0.394 e. The highest BCUT2D eigenvalue weighted by atomic mass is 16.6. The van der Waals surface area contributed by atoms with Crippen molar-refractivity contribution in [3.63, 3.8) is 0 Å². The number of nitrogens with zero attached hydrogens (tertiary/aromatic N) is 6. The van der Waals surface area contributed by atoms with Crippen molar-refractivity contribution in [3.05, 3.63) is 46.9 Å². The van der Waals surface area contributed by atoms with E-state index in [0.717, 1.165) is 10.9 Å². The molecule has 4 atom stereocenters. The molecule has 3 aromatic heterocycles. The Balaban J connectivity index is 1.63. The molecular formula is C19H18N8O5. The fourth-order valence-electron chi connectivity index (χ4n) is 3.62. The van der Waals surface area contributed by atoms with Crippen LogP contribution in [0.15, 0.2) is 51.6 Å². The third-order valence-corrected chi connectivity index (χ3v) is 5.16. The molecule has 0 amide bonds. The number of aromatic amines is 1. The Labute approximate surface area is 178 Å². The molecule has 0 aliphatic carbocycles. The fraction of sp³-hybridized carbons (Fsp3) is 0.263. The molecule has 164 valence electrons. The van der Waals surface area contributed by atoms with Crippen LogP contribution in [0, 0.1) is 0 Å². The summed E-state index contributed by atoms with van der Waals surface area (Å²) in [5.74, 6) is -0.286. The van der Waals surface area contributed by atoms with E-state index >= 15 is 0 Å². The molecule has 13 heteroatoms. The van der Waals surface area contributed by atoms with E-state index in [1.807, 2.05) is 6.07 Å². The van der Waals surface area contributed by atoms with Crippen LogP contribution in [-0.2, 0) is 4.74 Å². The Morgan fingerprint density at radius 3 is 2.81 bits per heavy atom. The number of aromatic nitrogens is 5. The number of nitrogens with one attached hydrogen (secondary N) is 1. The Hall–Kier alpha value is -3.78. The first-order chi connectivity index (χ1) is 15.5. The lowest BCUT2D eigenvalue weighted by molar-refractivity contribution is -0.0503. The SMILES string of the molecule is Nc1nc2c(nc(/N=N/c3ccc4ncccc4c3)n2[C@@H]2O[C@H](CO)C(O)C2O)c(=O)[nH]1. The maximum atomic E-state index is 12.3. The van der Waals surface area contributed by atoms with E-state index in [1.165, 1.54) is 4.57 Å². The average Bonchev–Trinajstić information content (AvgIpc) is 3.29. The molecule has 1 fully saturated rings. The molecule has 0 saturated carbocycles. The number of rotatable bonds is 4. The van der Waals surface area contributed by atoms with Gasteiger partial charge < -0.3 is 25.8 Å². The second kappa shape index (κ2) is 7.72. The highest BCUT2D eigenvalue weighted by molar-refractivity contribution is 5.81. The lowest BCUT2D eigenvalue weighted by Crippen LogP contribution is -2.33. The zero-order valence-electron chi connectivity index (χ0n) is 16.4. The van der Waals surface area contributed by atoms with Crippen molar-refractivity contribution in [3.8, 4) is 0 Å². The summed E-state index contributed by atoms with van der Waals surface area (Å²) >= 11 is 0. The molecule has 0 bridgehead atoms. The average molecular weight is 438 g/mol. The Morgan fingerprint density at radius 2 is 2.03 bits per heavy atom. The van der Waals surface area contributed by atoms with Crippen LogP contribution in [0.5, 0.6) is 0 Å². The van der Waals surface area contributed by atoms with Gasteiger partial charge in [0, 0.05) is 11.6 Å². The Bertz CT molecular complexity index is 1400. The zero-order chi connectivity index (χ0) is 22.4. The predicted molar refractivity (Wildman–Crippen MR) is 111 cm³/mol. The van der Waals surface area contributed by atoms with Crippen LogP contribution in [0.4, 0.5) is 17.6 Å². The monoisotopic (exact) mass is 438 g/mol. The molecule has 6 N–H and O–H groups in total. The van der Waals surface area contributed by atoms with Crippen LogP contribution in [0.3, 0.4) is 0 Å². The standard InChI is InChI=1S/C19H18N8O5/c20-18-23-15-12(16(31)24-18)22-19(27(15)17-14(30)13(29)11(7-28)32-17)26-25-9-3-4-10-8(6-9)2-1-5-21-10/h1-6,11,13-14,17,28-30H,7H2,(H3,20,23,24,31)/b26-25+/t11-,13?,14?,17-/m1/s1. The number of imidazole rings is 1. The number of hydrogen-bond acceptors (Lipinski definition) is 11. The van der Waals surface area contributed by atoms with E-state index < -0.39 is 36.7 Å². The second-order valence-corrected chi connectivity index (χ2v) is 7.21. The van der Waals surface area contributed by atoms with Crippen molar-refractivity contribution in [1.29, 1.82) is 0 Å². The van der Waals surface area contributed by atoms with Gasteiger partial charge in [0.05, 0.1) is 17.8 Å². The summed E-state index contributed by atoms with van der Waals surface area (Å²) < 4.78 is 6.81. The van der Waals surface area contributed by atoms with Gasteiger partial charge in [0.15, 0.2) is 17.4 Å². The van der Waals surface area contributed by atoms with E-state index in [-0.39, 0.29) is 23.1 Å². The minimum absolute atomic E-state index is 0.0160. The van der Waals surface area contributed by atoms with Gasteiger partial charge in [0.1, 0.15) is 18.3 Å². The first-order valence-corrected chi connectivity index (χ1v) is 9.63. The number of fused-ring (bicyclic) bond motifs is 2. The van der Waals surface area contributed by atoms with E-state index in [9.17, 15) is 20.1 Å². The molecule has 0 radical (unpaired) electrons. The molecule has 5 rings (SSSR count). The summed E-state index contributed by atoms with van der Waals surface area (Å²) in [7, 11) is 0. The maximum Gasteiger partial charge on any atom is 0.280 e. The number of azo groups is 1. The van der Waals surface area contributed by atoms with Gasteiger partial charge >= 0.3 is 0 Å². The van der Waals surface area contributed by atoms with Gasteiger partial charge in [-0.25, -0.2) is 4.98 Å². The number of benzene rings is 1. The number of hydrogen-bond donors (Lipinski definition) is 5. The van der Waals surface area contributed by atoms with Crippen LogP contribution >= 0.6 is 0 Å². The highest BCUT2D eigenvalue weighted by Gasteiger charge is 2.45. The predicted octanol–water partition coefficient (Wildman–Crippen LogP) is 0.277. The molecule has 0 spiro atoms. The Kier molecular flexibility index (Phi) is 4.86. The van der Waals surface area contributed by atoms with Crippen molar-refractivity contribution < 1.29 is 20.1 Å². The molecule has 32 heavy (non-hydrogen) atoms. The molecule has 1 aromatic carbocycles. The summed E-state index contributed by atoms with van der Waals surface area (Å²) in [6, 6.07) is 8.94. The highest BCUT2D eigenvalue weighted by Crippen LogP contribution is 2.35. The first-order valence-electron chi connectivity index (χ1n) is 9.63. The largest absolute Gasteiger partial charge is 0.394 e. The third kappa shape index (κ3) is 3.29. The summed E-state index contributed by atoms with van der Waals surface area (Å²) in [5, 5.41) is 39.3. The number of nitrogens with two attached hydrogens (primary N) is 1. The smallest absolute Gasteiger partial charge is 0.280 e. The van der Waals surface area contributed by atoms with Crippen molar-refractivity contribution in [1.82, 2.24) is 24.5 Å². The number of nitrogen functional groups attached to an aromatic ring is 1. The molecule has 2 unspecified atom stereocenters. The minimum atomic E-state index is -1.45. The van der Waals surface area contributed by atoms with Gasteiger partial charge in [-0.05, 0) is 24.3 Å². The van der Waals surface area contributed by atoms with Crippen molar-refractivity contribution in [2.24, 2.45) is 10.2 Å². The maximum absolute atomic E-state index is 12.3. The number of pyridine rings is 1. The number of aliphatic hydroxyl groups is 3. The summed E-state index contributed by atoms with van der Waals surface area (Å²) in [4.78, 5) is 27.2. The van der Waals surface area contributed by atoms with Gasteiger partial charge in [-0.3, -0.25) is 19.3 Å². The van der Waals surface area contributed by atoms with Crippen molar-refractivity contribution in [2.75, 3.05) is 12.3 Å². The topological polar surface area (TPSA) is 197 Å². The lowest BCUT2D eigenvalue weighted by atomic mass is 10.1. The van der Waals surface area contributed by atoms with Crippen molar-refractivity contribution >= 4 is 39.7 Å². The molecule has 1 saturated heterocycles. The molecule has 4 aromatic rings. The molecule has 13 nitrogen and oxygen atoms in total. The van der Waals surface area contributed by atoms with Crippen LogP contribution in [0.2, 0.25) is 0 Å². The second-order valence-electron chi connectivity index (χ2n) is 7.21. The van der Waals surface area contributed by atoms with Crippen LogP contribution in [0.25, 0.3) is 22.1 Å². The molecule has 4 heterocycles. The quantitative estimate of drug-likeness (QED) is 0.278. The number of anilines is 1. The number of aliphatic hydroxyl groups excluding tert-OH is 3. The number of ether oxygens (including phenoxy) is 1. The summed E-state index contributed by atoms with van der Waals surface area (Å²) in [6.45, 7) is -0.528. The normalized spacial score (nSPS) is 23.6. The van der Waals surface area contributed by atoms with E-state index in [0.29, 0.717) is 5.69 Å². The van der Waals surface area contributed by atoms with Gasteiger partial charge in [-0.1, -0.05) is 6.07 Å². The third-order valence-electron chi connectivity index (χ3n) is 5.16. The molecule has 1 aliphatic rings.